The van der Waals surface area contributed by atoms with Crippen LogP contribution in [-0.4, -0.2) is 34.9 Å². The van der Waals surface area contributed by atoms with E-state index in [2.05, 4.69) is 0 Å². The number of aromatic hydroxyl groups is 2. The fourth-order valence-electron chi connectivity index (χ4n) is 3.90. The Morgan fingerprint density at radius 2 is 0.886 bits per heavy atom. The van der Waals surface area contributed by atoms with Gasteiger partial charge in [0.05, 0.1) is 13.2 Å². The van der Waals surface area contributed by atoms with Crippen molar-refractivity contribution in [2.24, 2.45) is 0 Å². The first kappa shape index (κ1) is 24.6. The Balaban J connectivity index is 1.45. The number of hydrogen-bond acceptors (Lipinski definition) is 5. The van der Waals surface area contributed by atoms with Crippen molar-refractivity contribution >= 4 is 11.8 Å². The van der Waals surface area contributed by atoms with Crippen molar-refractivity contribution in [3.63, 3.8) is 0 Å². The zero-order chi connectivity index (χ0) is 24.3. The molecule has 2 unspecified atom stereocenters. The SMILES string of the molecule is Oc1ccccc1C(COc1ccccc1)CSCC(COc1ccccc1)c1ccccc1O. The molecule has 0 radical (unpaired) electrons. The lowest BCUT2D eigenvalue weighted by Crippen LogP contribution is -2.17. The lowest BCUT2D eigenvalue weighted by molar-refractivity contribution is 0.292. The zero-order valence-electron chi connectivity index (χ0n) is 19.5. The first-order valence-electron chi connectivity index (χ1n) is 11.7. The monoisotopic (exact) mass is 486 g/mol. The fraction of sp³-hybridized carbons (Fsp3) is 0.200. The van der Waals surface area contributed by atoms with Crippen LogP contribution in [0.5, 0.6) is 23.0 Å². The molecular weight excluding hydrogens is 456 g/mol. The third-order valence-corrected chi connectivity index (χ3v) is 7.06. The molecule has 0 heterocycles. The van der Waals surface area contributed by atoms with Crippen LogP contribution in [0, 0.1) is 0 Å². The summed E-state index contributed by atoms with van der Waals surface area (Å²) in [5, 5.41) is 21.0. The quantitative estimate of drug-likeness (QED) is 0.229. The summed E-state index contributed by atoms with van der Waals surface area (Å²) in [7, 11) is 0. The molecule has 0 amide bonds. The molecule has 4 aromatic rings. The van der Waals surface area contributed by atoms with Gasteiger partial charge in [0.2, 0.25) is 0 Å². The van der Waals surface area contributed by atoms with Gasteiger partial charge in [0.1, 0.15) is 23.0 Å². The summed E-state index contributed by atoms with van der Waals surface area (Å²) < 4.78 is 12.1. The van der Waals surface area contributed by atoms with Crippen LogP contribution in [0.4, 0.5) is 0 Å². The van der Waals surface area contributed by atoms with Gasteiger partial charge in [0, 0.05) is 34.5 Å². The highest BCUT2D eigenvalue weighted by Crippen LogP contribution is 2.33. The van der Waals surface area contributed by atoms with E-state index >= 15 is 0 Å². The number of ether oxygens (including phenoxy) is 2. The Morgan fingerprint density at radius 1 is 0.514 bits per heavy atom. The zero-order valence-corrected chi connectivity index (χ0v) is 20.3. The molecule has 0 saturated heterocycles. The summed E-state index contributed by atoms with van der Waals surface area (Å²) in [6, 6.07) is 34.3. The van der Waals surface area contributed by atoms with E-state index in [-0.39, 0.29) is 23.3 Å². The van der Waals surface area contributed by atoms with Crippen molar-refractivity contribution in [3.8, 4) is 23.0 Å². The average Bonchev–Trinajstić information content (AvgIpc) is 2.90. The second-order valence-electron chi connectivity index (χ2n) is 8.30. The van der Waals surface area contributed by atoms with Gasteiger partial charge in [-0.15, -0.1) is 0 Å². The first-order valence-corrected chi connectivity index (χ1v) is 12.9. The molecule has 0 aliphatic rings. The van der Waals surface area contributed by atoms with Crippen LogP contribution in [0.2, 0.25) is 0 Å². The molecular formula is C30H30O4S. The van der Waals surface area contributed by atoms with Crippen molar-refractivity contribution in [2.75, 3.05) is 24.7 Å². The highest BCUT2D eigenvalue weighted by atomic mass is 32.2. The van der Waals surface area contributed by atoms with Gasteiger partial charge in [-0.2, -0.15) is 11.8 Å². The summed E-state index contributed by atoms with van der Waals surface area (Å²) >= 11 is 1.76. The van der Waals surface area contributed by atoms with Gasteiger partial charge in [-0.25, -0.2) is 0 Å². The third kappa shape index (κ3) is 7.20. The molecule has 0 aliphatic carbocycles. The minimum absolute atomic E-state index is 0.00136. The molecule has 0 spiro atoms. The van der Waals surface area contributed by atoms with E-state index in [1.807, 2.05) is 97.1 Å². The van der Waals surface area contributed by atoms with Crippen LogP contribution in [0.25, 0.3) is 0 Å². The van der Waals surface area contributed by atoms with Crippen LogP contribution in [0.15, 0.2) is 109 Å². The maximum absolute atomic E-state index is 10.5. The van der Waals surface area contributed by atoms with E-state index in [4.69, 9.17) is 9.47 Å². The second-order valence-corrected chi connectivity index (χ2v) is 9.37. The van der Waals surface area contributed by atoms with E-state index in [1.54, 1.807) is 23.9 Å². The lowest BCUT2D eigenvalue weighted by atomic mass is 10.0. The summed E-state index contributed by atoms with van der Waals surface area (Å²) in [6.45, 7) is 0.909. The Hall–Kier alpha value is -3.57. The normalized spacial score (nSPS) is 12.6. The predicted molar refractivity (Wildman–Crippen MR) is 143 cm³/mol. The van der Waals surface area contributed by atoms with E-state index in [0.29, 0.717) is 13.2 Å². The summed E-state index contributed by atoms with van der Waals surface area (Å²) in [6.07, 6.45) is 0. The van der Waals surface area contributed by atoms with Crippen LogP contribution >= 0.6 is 11.8 Å². The van der Waals surface area contributed by atoms with Crippen molar-refractivity contribution < 1.29 is 19.7 Å². The standard InChI is InChI=1S/C30H30O4S/c31-29-17-9-7-15-27(29)23(19-33-25-11-3-1-4-12-25)21-35-22-24(28-16-8-10-18-30(28)32)20-34-26-13-5-2-6-14-26/h1-18,23-24,31-32H,19-22H2. The van der Waals surface area contributed by atoms with Gasteiger partial charge >= 0.3 is 0 Å². The van der Waals surface area contributed by atoms with E-state index < -0.39 is 0 Å². The van der Waals surface area contributed by atoms with Crippen LogP contribution in [0.1, 0.15) is 23.0 Å². The summed E-state index contributed by atoms with van der Waals surface area (Å²) in [4.78, 5) is 0. The first-order chi connectivity index (χ1) is 17.2. The maximum atomic E-state index is 10.5. The number of hydrogen-bond donors (Lipinski definition) is 2. The minimum Gasteiger partial charge on any atom is -0.508 e. The Kier molecular flexibility index (Phi) is 8.96. The van der Waals surface area contributed by atoms with Gasteiger partial charge in [-0.3, -0.25) is 0 Å². The smallest absolute Gasteiger partial charge is 0.119 e. The number of para-hydroxylation sites is 4. The van der Waals surface area contributed by atoms with Crippen molar-refractivity contribution in [1.82, 2.24) is 0 Å². The Bertz CT molecular complexity index is 1070. The fourth-order valence-corrected chi connectivity index (χ4v) is 5.16. The molecule has 0 aliphatic heterocycles. The number of benzene rings is 4. The summed E-state index contributed by atoms with van der Waals surface area (Å²) in [5.74, 6) is 3.67. The highest BCUT2D eigenvalue weighted by molar-refractivity contribution is 7.99. The molecule has 0 saturated carbocycles. The average molecular weight is 487 g/mol. The molecule has 5 heteroatoms. The van der Waals surface area contributed by atoms with Crippen molar-refractivity contribution in [3.05, 3.63) is 120 Å². The number of phenols is 2. The van der Waals surface area contributed by atoms with Gasteiger partial charge < -0.3 is 19.7 Å². The largest absolute Gasteiger partial charge is 0.508 e. The molecule has 180 valence electrons. The van der Waals surface area contributed by atoms with E-state index in [1.165, 1.54) is 0 Å². The van der Waals surface area contributed by atoms with Crippen LogP contribution < -0.4 is 9.47 Å². The number of rotatable bonds is 12. The van der Waals surface area contributed by atoms with Gasteiger partial charge in [0.25, 0.3) is 0 Å². The van der Waals surface area contributed by atoms with Gasteiger partial charge in [-0.1, -0.05) is 72.8 Å². The highest BCUT2D eigenvalue weighted by Gasteiger charge is 2.20. The lowest BCUT2D eigenvalue weighted by Gasteiger charge is -2.22. The molecule has 4 rings (SSSR count). The van der Waals surface area contributed by atoms with Crippen molar-refractivity contribution in [1.29, 1.82) is 0 Å². The molecule has 0 aromatic heterocycles. The Labute approximate surface area is 211 Å². The maximum Gasteiger partial charge on any atom is 0.119 e. The van der Waals surface area contributed by atoms with E-state index in [0.717, 1.165) is 34.1 Å². The minimum atomic E-state index is 0.00136. The van der Waals surface area contributed by atoms with E-state index in [9.17, 15) is 10.2 Å². The van der Waals surface area contributed by atoms with Gasteiger partial charge in [-0.05, 0) is 36.4 Å². The molecule has 4 aromatic carbocycles. The number of thioether (sulfide) groups is 1. The van der Waals surface area contributed by atoms with Gasteiger partial charge in [0.15, 0.2) is 0 Å². The predicted octanol–water partition coefficient (Wildman–Crippen LogP) is 6.86. The van der Waals surface area contributed by atoms with Crippen LogP contribution in [-0.2, 0) is 0 Å². The molecule has 4 nitrogen and oxygen atoms in total. The third-order valence-electron chi connectivity index (χ3n) is 5.78. The molecule has 0 fully saturated rings. The molecule has 35 heavy (non-hydrogen) atoms. The Morgan fingerprint density at radius 3 is 1.29 bits per heavy atom. The molecule has 2 N–H and O–H groups in total. The topological polar surface area (TPSA) is 58.9 Å². The number of phenolic OH excluding ortho intramolecular Hbond substituents is 2. The van der Waals surface area contributed by atoms with Crippen molar-refractivity contribution in [2.45, 2.75) is 11.8 Å². The molecule has 2 atom stereocenters. The second kappa shape index (κ2) is 12.8. The van der Waals surface area contributed by atoms with Crippen LogP contribution in [0.3, 0.4) is 0 Å². The summed E-state index contributed by atoms with van der Waals surface area (Å²) in [5.41, 5.74) is 1.74. The molecule has 0 bridgehead atoms.